The van der Waals surface area contributed by atoms with Crippen LogP contribution in [0.2, 0.25) is 0 Å². The fourth-order valence-electron chi connectivity index (χ4n) is 4.87. The monoisotopic (exact) mass is 384 g/mol. The summed E-state index contributed by atoms with van der Waals surface area (Å²) in [6.07, 6.45) is 4.91. The Kier molecular flexibility index (Phi) is 5.30. The van der Waals surface area contributed by atoms with Crippen molar-refractivity contribution in [2.24, 2.45) is 23.0 Å². The first-order valence-electron chi connectivity index (χ1n) is 10.3. The zero-order chi connectivity index (χ0) is 21.4. The van der Waals surface area contributed by atoms with Gasteiger partial charge in [0.05, 0.1) is 23.4 Å². The van der Waals surface area contributed by atoms with E-state index in [0.717, 1.165) is 30.4 Å². The average Bonchev–Trinajstić information content (AvgIpc) is 2.72. The van der Waals surface area contributed by atoms with Gasteiger partial charge >= 0.3 is 0 Å². The van der Waals surface area contributed by atoms with E-state index in [1.807, 2.05) is 12.1 Å². The van der Waals surface area contributed by atoms with Crippen LogP contribution in [-0.4, -0.2) is 0 Å². The maximum absolute atomic E-state index is 10.1. The number of hydrogen-bond donors (Lipinski definition) is 1. The minimum atomic E-state index is -1.54. The average molecular weight is 385 g/mol. The Labute approximate surface area is 173 Å². The summed E-state index contributed by atoms with van der Waals surface area (Å²) >= 11 is 0. The normalized spacial score (nSPS) is 25.8. The van der Waals surface area contributed by atoms with Gasteiger partial charge in [-0.3, -0.25) is 0 Å². The van der Waals surface area contributed by atoms with Gasteiger partial charge < -0.3 is 5.73 Å². The van der Waals surface area contributed by atoms with Crippen molar-refractivity contribution < 1.29 is 0 Å². The molecular weight excluding hydrogens is 356 g/mol. The van der Waals surface area contributed by atoms with Gasteiger partial charge in [-0.1, -0.05) is 64.5 Å². The predicted octanol–water partition coefficient (Wildman–Crippen LogP) is 5.21. The molecule has 0 fully saturated rings. The first-order chi connectivity index (χ1) is 13.7. The molecule has 0 unspecified atom stereocenters. The third kappa shape index (κ3) is 3.22. The van der Waals surface area contributed by atoms with Gasteiger partial charge in [-0.15, -0.1) is 0 Å². The number of benzene rings is 1. The van der Waals surface area contributed by atoms with E-state index in [1.54, 1.807) is 0 Å². The molecule has 0 radical (unpaired) electrons. The highest BCUT2D eigenvalue weighted by Crippen LogP contribution is 2.56. The lowest BCUT2D eigenvalue weighted by Crippen LogP contribution is -2.43. The summed E-state index contributed by atoms with van der Waals surface area (Å²) < 4.78 is 0. The number of nitriles is 3. The van der Waals surface area contributed by atoms with E-state index in [0.29, 0.717) is 11.5 Å². The fourth-order valence-corrected chi connectivity index (χ4v) is 4.87. The number of nitrogens with two attached hydrogens (primary N) is 1. The van der Waals surface area contributed by atoms with Gasteiger partial charge in [0.1, 0.15) is 6.07 Å². The molecule has 1 aromatic rings. The minimum absolute atomic E-state index is 0.0166. The summed E-state index contributed by atoms with van der Waals surface area (Å²) in [6, 6.07) is 14.9. The number of nitrogens with zero attached hydrogens (tertiary/aromatic N) is 3. The molecule has 0 aromatic heterocycles. The summed E-state index contributed by atoms with van der Waals surface area (Å²) in [6.45, 7) is 8.64. The van der Waals surface area contributed by atoms with E-state index >= 15 is 0 Å². The highest BCUT2D eigenvalue weighted by Gasteiger charge is 2.54. The van der Waals surface area contributed by atoms with Gasteiger partial charge in [-0.25, -0.2) is 0 Å². The van der Waals surface area contributed by atoms with Gasteiger partial charge in [0.25, 0.3) is 0 Å². The molecule has 0 aliphatic heterocycles. The first kappa shape index (κ1) is 20.7. The van der Waals surface area contributed by atoms with E-state index in [1.165, 1.54) is 5.56 Å². The van der Waals surface area contributed by atoms with Gasteiger partial charge in [0.2, 0.25) is 0 Å². The van der Waals surface area contributed by atoms with Crippen LogP contribution < -0.4 is 5.73 Å². The molecule has 3 rings (SSSR count). The van der Waals surface area contributed by atoms with Crippen molar-refractivity contribution in [1.82, 2.24) is 0 Å². The van der Waals surface area contributed by atoms with Crippen LogP contribution in [0.1, 0.15) is 64.0 Å². The molecular formula is C25H28N4. The van der Waals surface area contributed by atoms with Crippen molar-refractivity contribution in [3.8, 4) is 18.2 Å². The number of fused-ring (bicyclic) bond motifs is 1. The Balaban J connectivity index is 2.25. The molecule has 0 bridgehead atoms. The van der Waals surface area contributed by atoms with Crippen LogP contribution in [0.15, 0.2) is 47.2 Å². The van der Waals surface area contributed by atoms with Gasteiger partial charge in [-0.2, -0.15) is 15.8 Å². The third-order valence-electron chi connectivity index (χ3n) is 6.69. The Bertz CT molecular complexity index is 970. The Morgan fingerprint density at radius 2 is 1.72 bits per heavy atom. The van der Waals surface area contributed by atoms with E-state index < -0.39 is 5.41 Å². The molecule has 0 amide bonds. The summed E-state index contributed by atoms with van der Waals surface area (Å²) in [7, 11) is 0. The number of allylic oxidation sites excluding steroid dienone is 4. The number of hydrogen-bond acceptors (Lipinski definition) is 4. The first-order valence-corrected chi connectivity index (χ1v) is 10.3. The van der Waals surface area contributed by atoms with E-state index in [-0.39, 0.29) is 22.9 Å². The highest BCUT2D eigenvalue weighted by molar-refractivity contribution is 5.59. The maximum Gasteiger partial charge on any atom is 0.191 e. The standard InChI is InChI=1S/C25H28N4/c1-5-16-6-11-19-20(12-16)22(17-7-9-18(10-8-17)24(2,3)4)25(14-27,15-28)23(29)21(19)13-26/h7-11,16,20,22H,5-6,12,29H2,1-4H3/t16-,20-,22+/m0/s1. The summed E-state index contributed by atoms with van der Waals surface area (Å²) in [4.78, 5) is 0. The second kappa shape index (κ2) is 7.42. The highest BCUT2D eigenvalue weighted by atomic mass is 14.7. The summed E-state index contributed by atoms with van der Waals surface area (Å²) in [5, 5.41) is 30.1. The lowest BCUT2D eigenvalue weighted by atomic mass is 9.55. The van der Waals surface area contributed by atoms with Crippen molar-refractivity contribution in [3.63, 3.8) is 0 Å². The van der Waals surface area contributed by atoms with Crippen LogP contribution in [0, 0.1) is 51.2 Å². The Morgan fingerprint density at radius 1 is 1.10 bits per heavy atom. The second-order valence-corrected chi connectivity index (χ2v) is 9.29. The molecule has 1 aromatic carbocycles. The Hall–Kier alpha value is -3.03. The van der Waals surface area contributed by atoms with Gasteiger partial charge in [0.15, 0.2) is 5.41 Å². The number of rotatable bonds is 2. The molecule has 2 aliphatic carbocycles. The van der Waals surface area contributed by atoms with Crippen molar-refractivity contribution in [3.05, 3.63) is 58.3 Å². The Morgan fingerprint density at radius 3 is 2.21 bits per heavy atom. The largest absolute Gasteiger partial charge is 0.399 e. The van der Waals surface area contributed by atoms with Crippen LogP contribution >= 0.6 is 0 Å². The molecule has 3 atom stereocenters. The molecule has 0 saturated carbocycles. The third-order valence-corrected chi connectivity index (χ3v) is 6.69. The predicted molar refractivity (Wildman–Crippen MR) is 113 cm³/mol. The zero-order valence-corrected chi connectivity index (χ0v) is 17.7. The molecule has 0 saturated heterocycles. The quantitative estimate of drug-likeness (QED) is 0.756. The van der Waals surface area contributed by atoms with Crippen LogP contribution in [-0.2, 0) is 5.41 Å². The molecule has 148 valence electrons. The smallest absolute Gasteiger partial charge is 0.191 e. The molecule has 2 aliphatic rings. The SMILES string of the molecule is CC[C@H]1CC=C2C(C#N)=C(N)C(C#N)(C#N)[C@H](c3ccc(C(C)(C)C)cc3)[C@H]2C1. The van der Waals surface area contributed by atoms with Gasteiger partial charge in [0, 0.05) is 5.92 Å². The lowest BCUT2D eigenvalue weighted by Gasteiger charge is -2.45. The lowest BCUT2D eigenvalue weighted by molar-refractivity contribution is 0.271. The van der Waals surface area contributed by atoms with E-state index in [9.17, 15) is 15.8 Å². The molecule has 0 heterocycles. The molecule has 4 heteroatoms. The van der Waals surface area contributed by atoms with Gasteiger partial charge in [-0.05, 0) is 46.8 Å². The minimum Gasteiger partial charge on any atom is -0.399 e. The van der Waals surface area contributed by atoms with Crippen LogP contribution in [0.4, 0.5) is 0 Å². The van der Waals surface area contributed by atoms with Crippen molar-refractivity contribution in [1.29, 1.82) is 15.8 Å². The molecule has 0 spiro atoms. The molecule has 29 heavy (non-hydrogen) atoms. The topological polar surface area (TPSA) is 97.4 Å². The van der Waals surface area contributed by atoms with Crippen molar-refractivity contribution >= 4 is 0 Å². The van der Waals surface area contributed by atoms with Crippen LogP contribution in [0.3, 0.4) is 0 Å². The van der Waals surface area contributed by atoms with Crippen molar-refractivity contribution in [2.75, 3.05) is 0 Å². The van der Waals surface area contributed by atoms with E-state index in [4.69, 9.17) is 5.73 Å². The zero-order valence-electron chi connectivity index (χ0n) is 17.7. The van der Waals surface area contributed by atoms with Crippen LogP contribution in [0.5, 0.6) is 0 Å². The summed E-state index contributed by atoms with van der Waals surface area (Å²) in [5.41, 5.74) is 8.33. The second-order valence-electron chi connectivity index (χ2n) is 9.29. The summed E-state index contributed by atoms with van der Waals surface area (Å²) in [5.74, 6) is 0.0362. The van der Waals surface area contributed by atoms with E-state index in [2.05, 4.69) is 64.1 Å². The fraction of sp³-hybridized carbons (Fsp3) is 0.480. The molecule has 2 N–H and O–H groups in total. The maximum atomic E-state index is 10.1. The van der Waals surface area contributed by atoms with Crippen molar-refractivity contribution in [2.45, 2.75) is 58.3 Å². The molecule has 4 nitrogen and oxygen atoms in total. The van der Waals surface area contributed by atoms with Crippen LogP contribution in [0.25, 0.3) is 0 Å².